The highest BCUT2D eigenvalue weighted by atomic mass is 16.3. The van der Waals surface area contributed by atoms with Gasteiger partial charge in [-0.05, 0) is 42.4 Å². The highest BCUT2D eigenvalue weighted by molar-refractivity contribution is 5.76. The van der Waals surface area contributed by atoms with Gasteiger partial charge in [0.25, 0.3) is 0 Å². The number of nitrogens with one attached hydrogen (secondary N) is 3. The third-order valence-electron chi connectivity index (χ3n) is 3.89. The lowest BCUT2D eigenvalue weighted by Gasteiger charge is -2.25. The molecule has 0 radical (unpaired) electrons. The number of hydrogen-bond acceptors (Lipinski definition) is 3. The number of rotatable bonds is 7. The molecule has 0 saturated carbocycles. The van der Waals surface area contributed by atoms with Gasteiger partial charge in [-0.15, -0.1) is 0 Å². The fourth-order valence-electron chi connectivity index (χ4n) is 2.89. The first kappa shape index (κ1) is 18.3. The lowest BCUT2D eigenvalue weighted by Crippen LogP contribution is -2.39. The maximum atomic E-state index is 12.0. The van der Waals surface area contributed by atoms with E-state index in [2.05, 4.69) is 36.1 Å². The highest BCUT2D eigenvalue weighted by Gasteiger charge is 2.19. The van der Waals surface area contributed by atoms with E-state index >= 15 is 0 Å². The molecule has 0 aliphatic carbocycles. The van der Waals surface area contributed by atoms with Gasteiger partial charge in [-0.3, -0.25) is 4.79 Å². The molecule has 0 fully saturated rings. The Labute approximate surface area is 141 Å². The molecule has 1 amide bonds. The summed E-state index contributed by atoms with van der Waals surface area (Å²) in [5.41, 5.74) is 2.50. The van der Waals surface area contributed by atoms with E-state index in [4.69, 9.17) is 0 Å². The zero-order valence-corrected chi connectivity index (χ0v) is 14.6. The van der Waals surface area contributed by atoms with Crippen LogP contribution in [0.1, 0.15) is 45.6 Å². The summed E-state index contributed by atoms with van der Waals surface area (Å²) in [7, 11) is 0. The normalized spacial score (nSPS) is 13.2. The van der Waals surface area contributed by atoms with Gasteiger partial charge in [0, 0.05) is 6.42 Å². The number of aromatic amines is 2. The number of amides is 1. The summed E-state index contributed by atoms with van der Waals surface area (Å²) in [4.78, 5) is 28.7. The molecule has 2 aromatic rings. The van der Waals surface area contributed by atoms with Gasteiger partial charge in [-0.1, -0.05) is 26.8 Å². The van der Waals surface area contributed by atoms with Gasteiger partial charge < -0.3 is 20.4 Å². The average molecular weight is 333 g/mol. The fraction of sp³-hybridized carbons (Fsp3) is 0.556. The van der Waals surface area contributed by atoms with Crippen molar-refractivity contribution >= 4 is 16.9 Å². The van der Waals surface area contributed by atoms with E-state index in [1.54, 1.807) is 0 Å². The maximum Gasteiger partial charge on any atom is 0.323 e. The molecule has 4 N–H and O–H groups in total. The largest absolute Gasteiger partial charge is 0.394 e. The van der Waals surface area contributed by atoms with Crippen molar-refractivity contribution in [3.8, 4) is 0 Å². The minimum Gasteiger partial charge on any atom is -0.394 e. The Hall–Kier alpha value is -2.08. The van der Waals surface area contributed by atoms with Gasteiger partial charge >= 0.3 is 5.69 Å². The molecule has 0 saturated heterocycles. The number of carbonyl (C=O) groups is 1. The average Bonchev–Trinajstić information content (AvgIpc) is 2.84. The molecule has 2 rings (SSSR count). The summed E-state index contributed by atoms with van der Waals surface area (Å²) in [5.74, 6) is -0.0329. The van der Waals surface area contributed by atoms with Crippen molar-refractivity contribution in [1.29, 1.82) is 0 Å². The monoisotopic (exact) mass is 333 g/mol. The van der Waals surface area contributed by atoms with Crippen LogP contribution in [0.4, 0.5) is 0 Å². The van der Waals surface area contributed by atoms with Gasteiger partial charge in [0.05, 0.1) is 23.7 Å². The Balaban J connectivity index is 1.81. The van der Waals surface area contributed by atoms with Gasteiger partial charge in [0.15, 0.2) is 0 Å². The van der Waals surface area contributed by atoms with Crippen LogP contribution in [-0.2, 0) is 11.2 Å². The molecular weight excluding hydrogens is 306 g/mol. The Morgan fingerprint density at radius 1 is 1.25 bits per heavy atom. The second-order valence-corrected chi connectivity index (χ2v) is 7.52. The molecule has 1 aromatic carbocycles. The lowest BCUT2D eigenvalue weighted by atomic mass is 9.88. The van der Waals surface area contributed by atoms with E-state index in [1.807, 2.05) is 18.2 Å². The molecule has 24 heavy (non-hydrogen) atoms. The smallest absolute Gasteiger partial charge is 0.323 e. The van der Waals surface area contributed by atoms with Crippen molar-refractivity contribution in [1.82, 2.24) is 15.3 Å². The Morgan fingerprint density at radius 2 is 1.96 bits per heavy atom. The molecule has 0 aliphatic rings. The van der Waals surface area contributed by atoms with Gasteiger partial charge in [-0.25, -0.2) is 4.79 Å². The van der Waals surface area contributed by atoms with Crippen molar-refractivity contribution in [2.24, 2.45) is 5.41 Å². The third-order valence-corrected chi connectivity index (χ3v) is 3.89. The van der Waals surface area contributed by atoms with Crippen molar-refractivity contribution in [3.05, 3.63) is 34.2 Å². The topological polar surface area (TPSA) is 98.0 Å². The number of imidazole rings is 1. The molecule has 132 valence electrons. The molecule has 1 heterocycles. The van der Waals surface area contributed by atoms with E-state index in [0.29, 0.717) is 6.42 Å². The van der Waals surface area contributed by atoms with Gasteiger partial charge in [0.1, 0.15) is 0 Å². The zero-order chi connectivity index (χ0) is 17.7. The summed E-state index contributed by atoms with van der Waals surface area (Å²) in [5, 5.41) is 12.3. The molecule has 1 atom stereocenters. The van der Waals surface area contributed by atoms with Crippen molar-refractivity contribution < 1.29 is 9.90 Å². The first-order valence-corrected chi connectivity index (χ1v) is 8.38. The minimum absolute atomic E-state index is 0.0329. The Kier molecular flexibility index (Phi) is 5.83. The van der Waals surface area contributed by atoms with Crippen LogP contribution in [0.25, 0.3) is 11.0 Å². The summed E-state index contributed by atoms with van der Waals surface area (Å²) in [6, 6.07) is 5.56. The summed E-state index contributed by atoms with van der Waals surface area (Å²) in [6.45, 7) is 6.22. The number of fused-ring (bicyclic) bond motifs is 1. The predicted molar refractivity (Wildman–Crippen MR) is 94.9 cm³/mol. The van der Waals surface area contributed by atoms with Crippen molar-refractivity contribution in [2.45, 2.75) is 52.5 Å². The number of carbonyl (C=O) groups excluding carboxylic acids is 1. The number of aliphatic hydroxyl groups excluding tert-OH is 1. The number of aliphatic hydroxyl groups is 1. The summed E-state index contributed by atoms with van der Waals surface area (Å²) in [6.07, 6.45) is 2.65. The third kappa shape index (κ3) is 5.53. The standard InChI is InChI=1S/C18H27N3O3/c1-18(2,3)10-13(11-22)19-16(23)6-4-5-12-7-8-14-15(9-12)21-17(24)20-14/h7-9,13,22H,4-6,10-11H2,1-3H3,(H,19,23)(H2,20,21,24). The second kappa shape index (κ2) is 7.66. The number of hydrogen-bond donors (Lipinski definition) is 4. The molecule has 6 heteroatoms. The highest BCUT2D eigenvalue weighted by Crippen LogP contribution is 2.20. The Morgan fingerprint density at radius 3 is 2.62 bits per heavy atom. The number of aromatic nitrogens is 2. The van der Waals surface area contributed by atoms with Crippen molar-refractivity contribution in [2.75, 3.05) is 6.61 Å². The predicted octanol–water partition coefficient (Wildman–Crippen LogP) is 2.09. The van der Waals surface area contributed by atoms with Crippen LogP contribution < -0.4 is 11.0 Å². The number of H-pyrrole nitrogens is 2. The van der Waals surface area contributed by atoms with Crippen LogP contribution in [0.15, 0.2) is 23.0 Å². The molecule has 0 spiro atoms. The van der Waals surface area contributed by atoms with Crippen LogP contribution in [0, 0.1) is 5.41 Å². The number of aryl methyl sites for hydroxylation is 1. The van der Waals surface area contributed by atoms with Gasteiger partial charge in [0.2, 0.25) is 5.91 Å². The first-order valence-electron chi connectivity index (χ1n) is 8.38. The molecule has 0 bridgehead atoms. The minimum atomic E-state index is -0.213. The van der Waals surface area contributed by atoms with Crippen molar-refractivity contribution in [3.63, 3.8) is 0 Å². The van der Waals surface area contributed by atoms with E-state index in [1.165, 1.54) is 0 Å². The summed E-state index contributed by atoms with van der Waals surface area (Å²) < 4.78 is 0. The molecule has 1 aromatic heterocycles. The lowest BCUT2D eigenvalue weighted by molar-refractivity contribution is -0.122. The van der Waals surface area contributed by atoms with E-state index < -0.39 is 0 Å². The molecular formula is C18H27N3O3. The van der Waals surface area contributed by atoms with Crippen LogP contribution in [0.5, 0.6) is 0 Å². The van der Waals surface area contributed by atoms with Crippen LogP contribution >= 0.6 is 0 Å². The number of benzene rings is 1. The second-order valence-electron chi connectivity index (χ2n) is 7.52. The molecule has 6 nitrogen and oxygen atoms in total. The van der Waals surface area contributed by atoms with Crippen LogP contribution in [-0.4, -0.2) is 33.6 Å². The molecule has 1 unspecified atom stereocenters. The fourth-order valence-corrected chi connectivity index (χ4v) is 2.89. The zero-order valence-electron chi connectivity index (χ0n) is 14.6. The Bertz CT molecular complexity index is 740. The first-order chi connectivity index (χ1) is 11.3. The van der Waals surface area contributed by atoms with Crippen LogP contribution in [0.2, 0.25) is 0 Å². The van der Waals surface area contributed by atoms with E-state index in [0.717, 1.165) is 35.9 Å². The SMILES string of the molecule is CC(C)(C)CC(CO)NC(=O)CCCc1ccc2[nH]c(=O)[nH]c2c1. The van der Waals surface area contributed by atoms with E-state index in [9.17, 15) is 14.7 Å². The van der Waals surface area contributed by atoms with Crippen LogP contribution in [0.3, 0.4) is 0 Å². The molecule has 0 aliphatic heterocycles. The van der Waals surface area contributed by atoms with E-state index in [-0.39, 0.29) is 29.7 Å². The summed E-state index contributed by atoms with van der Waals surface area (Å²) >= 11 is 0. The quantitative estimate of drug-likeness (QED) is 0.624. The maximum absolute atomic E-state index is 12.0. The van der Waals surface area contributed by atoms with Gasteiger partial charge in [-0.2, -0.15) is 0 Å².